The van der Waals surface area contributed by atoms with E-state index in [2.05, 4.69) is 21.0 Å². The first-order chi connectivity index (χ1) is 14.5. The molecule has 4 rings (SSSR count). The van der Waals surface area contributed by atoms with Gasteiger partial charge in [0.25, 0.3) is 11.8 Å². The van der Waals surface area contributed by atoms with Gasteiger partial charge in [-0.05, 0) is 56.5 Å². The number of amides is 2. The van der Waals surface area contributed by atoms with Gasteiger partial charge in [0.15, 0.2) is 10.6 Å². The van der Waals surface area contributed by atoms with Gasteiger partial charge in [0.05, 0.1) is 4.88 Å². The van der Waals surface area contributed by atoms with Crippen LogP contribution in [0.15, 0.2) is 30.3 Å². The first-order valence-corrected chi connectivity index (χ1v) is 11.2. The molecular weight excluding hydrogens is 418 g/mol. The van der Waals surface area contributed by atoms with E-state index in [-0.39, 0.29) is 18.4 Å². The van der Waals surface area contributed by atoms with E-state index in [0.717, 1.165) is 30.4 Å². The Morgan fingerprint density at radius 3 is 2.73 bits per heavy atom. The summed E-state index contributed by atoms with van der Waals surface area (Å²) < 4.78 is 1.95. The molecule has 0 radical (unpaired) electrons. The lowest BCUT2D eigenvalue weighted by atomic mass is 10.1. The molecule has 1 aliphatic carbocycles. The summed E-state index contributed by atoms with van der Waals surface area (Å²) in [6.45, 7) is 1.95. The van der Waals surface area contributed by atoms with Crippen LogP contribution >= 0.6 is 23.6 Å². The molecule has 0 saturated heterocycles. The fraction of sp³-hybridized carbons (Fsp3) is 0.333. The number of fused-ring (bicyclic) bond motifs is 1. The molecule has 0 saturated carbocycles. The Morgan fingerprint density at radius 2 is 1.93 bits per heavy atom. The Labute approximate surface area is 183 Å². The van der Waals surface area contributed by atoms with E-state index in [0.29, 0.717) is 15.5 Å². The van der Waals surface area contributed by atoms with Crippen LogP contribution in [0.4, 0.5) is 0 Å². The second kappa shape index (κ2) is 8.93. The number of H-pyrrole nitrogens is 1. The van der Waals surface area contributed by atoms with Crippen molar-refractivity contribution in [3.63, 3.8) is 0 Å². The SMILES string of the molecule is Cc1ccc(-c2n[nH]c(=S)n2CC(=O)NNC(=O)c2cc3c(s2)CCCCC3)cc1. The van der Waals surface area contributed by atoms with Crippen molar-refractivity contribution in [3.8, 4) is 11.4 Å². The molecule has 3 N–H and O–H groups in total. The topological polar surface area (TPSA) is 91.8 Å². The maximum atomic E-state index is 12.5. The summed E-state index contributed by atoms with van der Waals surface area (Å²) in [5.74, 6) is -0.105. The fourth-order valence-corrected chi connectivity index (χ4v) is 4.88. The highest BCUT2D eigenvalue weighted by Crippen LogP contribution is 2.28. The monoisotopic (exact) mass is 441 g/mol. The molecule has 30 heavy (non-hydrogen) atoms. The third kappa shape index (κ3) is 4.52. The third-order valence-electron chi connectivity index (χ3n) is 5.16. The zero-order valence-electron chi connectivity index (χ0n) is 16.7. The molecule has 156 valence electrons. The number of hydrogen-bond donors (Lipinski definition) is 3. The molecule has 2 heterocycles. The Bertz CT molecular complexity index is 1100. The molecule has 0 atom stereocenters. The van der Waals surface area contributed by atoms with Crippen molar-refractivity contribution >= 4 is 35.4 Å². The quantitative estimate of drug-likeness (QED) is 0.327. The summed E-state index contributed by atoms with van der Waals surface area (Å²) in [4.78, 5) is 26.8. The Hall–Kier alpha value is -2.78. The summed E-state index contributed by atoms with van der Waals surface area (Å²) in [6, 6.07) is 9.75. The van der Waals surface area contributed by atoms with Crippen LogP contribution in [0.3, 0.4) is 0 Å². The van der Waals surface area contributed by atoms with Crippen LogP contribution in [0.2, 0.25) is 0 Å². The number of hydrazine groups is 1. The van der Waals surface area contributed by atoms with E-state index >= 15 is 0 Å². The molecule has 2 aromatic heterocycles. The van der Waals surface area contributed by atoms with Crippen molar-refractivity contribution in [3.05, 3.63) is 56.0 Å². The molecule has 0 fully saturated rings. The molecule has 1 aromatic carbocycles. The van der Waals surface area contributed by atoms with E-state index in [1.807, 2.05) is 37.3 Å². The number of benzene rings is 1. The summed E-state index contributed by atoms with van der Waals surface area (Å²) in [6.07, 6.45) is 5.61. The summed E-state index contributed by atoms with van der Waals surface area (Å²) >= 11 is 6.79. The van der Waals surface area contributed by atoms with Crippen molar-refractivity contribution in [1.29, 1.82) is 0 Å². The van der Waals surface area contributed by atoms with Gasteiger partial charge in [0.1, 0.15) is 6.54 Å². The molecule has 0 aliphatic heterocycles. The number of nitrogens with zero attached hydrogens (tertiary/aromatic N) is 2. The van der Waals surface area contributed by atoms with E-state index in [1.54, 1.807) is 4.57 Å². The smallest absolute Gasteiger partial charge is 0.279 e. The fourth-order valence-electron chi connectivity index (χ4n) is 3.54. The molecule has 3 aromatic rings. The normalized spacial score (nSPS) is 13.4. The first-order valence-electron chi connectivity index (χ1n) is 9.94. The van der Waals surface area contributed by atoms with Gasteiger partial charge in [-0.25, -0.2) is 0 Å². The van der Waals surface area contributed by atoms with Crippen molar-refractivity contribution in [2.45, 2.75) is 45.6 Å². The van der Waals surface area contributed by atoms with Gasteiger partial charge in [-0.3, -0.25) is 30.1 Å². The number of aromatic amines is 1. The molecule has 0 unspecified atom stereocenters. The zero-order valence-corrected chi connectivity index (χ0v) is 18.3. The minimum atomic E-state index is -0.382. The Kier molecular flexibility index (Phi) is 6.10. The zero-order chi connectivity index (χ0) is 21.1. The summed E-state index contributed by atoms with van der Waals surface area (Å²) in [5.41, 5.74) is 8.25. The number of thiophene rings is 1. The van der Waals surface area contributed by atoms with Gasteiger partial charge >= 0.3 is 0 Å². The van der Waals surface area contributed by atoms with Crippen LogP contribution < -0.4 is 10.9 Å². The van der Waals surface area contributed by atoms with Gasteiger partial charge in [0, 0.05) is 10.4 Å². The maximum Gasteiger partial charge on any atom is 0.279 e. The number of hydrogen-bond acceptors (Lipinski definition) is 5. The Balaban J connectivity index is 1.40. The highest BCUT2D eigenvalue weighted by Gasteiger charge is 2.17. The molecule has 1 aliphatic rings. The highest BCUT2D eigenvalue weighted by atomic mass is 32.1. The second-order valence-corrected chi connectivity index (χ2v) is 8.95. The molecule has 0 spiro atoms. The van der Waals surface area contributed by atoms with Crippen LogP contribution in [0.5, 0.6) is 0 Å². The van der Waals surface area contributed by atoms with Crippen LogP contribution in [-0.2, 0) is 24.2 Å². The maximum absolute atomic E-state index is 12.5. The minimum Gasteiger partial charge on any atom is -0.291 e. The van der Waals surface area contributed by atoms with Gasteiger partial charge < -0.3 is 0 Å². The van der Waals surface area contributed by atoms with Gasteiger partial charge in [-0.15, -0.1) is 11.3 Å². The summed E-state index contributed by atoms with van der Waals surface area (Å²) in [5, 5.41) is 6.97. The van der Waals surface area contributed by atoms with Crippen LogP contribution in [0.1, 0.15) is 44.9 Å². The van der Waals surface area contributed by atoms with Gasteiger partial charge in [-0.1, -0.05) is 36.2 Å². The molecular formula is C21H23N5O2S2. The van der Waals surface area contributed by atoms with Crippen LogP contribution in [-0.4, -0.2) is 26.6 Å². The van der Waals surface area contributed by atoms with E-state index in [9.17, 15) is 9.59 Å². The molecule has 7 nitrogen and oxygen atoms in total. The average molecular weight is 442 g/mol. The number of rotatable bonds is 4. The van der Waals surface area contributed by atoms with Crippen LogP contribution in [0, 0.1) is 11.7 Å². The lowest BCUT2D eigenvalue weighted by Crippen LogP contribution is -2.43. The van der Waals surface area contributed by atoms with Gasteiger partial charge in [0.2, 0.25) is 0 Å². The first kappa shape index (κ1) is 20.5. The largest absolute Gasteiger partial charge is 0.291 e. The van der Waals surface area contributed by atoms with E-state index in [4.69, 9.17) is 12.2 Å². The van der Waals surface area contributed by atoms with Crippen molar-refractivity contribution in [1.82, 2.24) is 25.6 Å². The molecule has 9 heteroatoms. The second-order valence-electron chi connectivity index (χ2n) is 7.43. The number of aryl methyl sites for hydroxylation is 3. The van der Waals surface area contributed by atoms with Crippen molar-refractivity contribution < 1.29 is 9.59 Å². The van der Waals surface area contributed by atoms with Crippen molar-refractivity contribution in [2.24, 2.45) is 0 Å². The molecule has 2 amide bonds. The predicted molar refractivity (Wildman–Crippen MR) is 119 cm³/mol. The lowest BCUT2D eigenvalue weighted by Gasteiger charge is -2.09. The molecule has 0 bridgehead atoms. The summed E-state index contributed by atoms with van der Waals surface area (Å²) in [7, 11) is 0. The third-order valence-corrected chi connectivity index (χ3v) is 6.70. The number of nitrogens with one attached hydrogen (secondary N) is 3. The van der Waals surface area contributed by atoms with E-state index < -0.39 is 0 Å². The number of carbonyl (C=O) groups is 2. The predicted octanol–water partition coefficient (Wildman–Crippen LogP) is 3.71. The minimum absolute atomic E-state index is 0.0558. The highest BCUT2D eigenvalue weighted by molar-refractivity contribution is 7.71. The Morgan fingerprint density at radius 1 is 1.17 bits per heavy atom. The van der Waals surface area contributed by atoms with Crippen molar-refractivity contribution in [2.75, 3.05) is 0 Å². The standard InChI is InChI=1S/C21H23N5O2S2/c1-13-7-9-14(10-8-13)19-23-25-21(29)26(19)12-18(27)22-24-20(28)17-11-15-5-3-2-4-6-16(15)30-17/h7-11H,2-6,12H2,1H3,(H,22,27)(H,24,28)(H,25,29). The van der Waals surface area contributed by atoms with E-state index in [1.165, 1.54) is 34.6 Å². The number of aromatic nitrogens is 3. The van der Waals surface area contributed by atoms with Crippen LogP contribution in [0.25, 0.3) is 11.4 Å². The lowest BCUT2D eigenvalue weighted by molar-refractivity contribution is -0.122. The number of carbonyl (C=O) groups excluding carboxylic acids is 2. The van der Waals surface area contributed by atoms with Gasteiger partial charge in [-0.2, -0.15) is 5.10 Å². The average Bonchev–Trinajstić information content (AvgIpc) is 3.23.